The SMILES string of the molecule is N.S.[As].[Fe].[Ni]. The van der Waals surface area contributed by atoms with Crippen LogP contribution in [0.15, 0.2) is 0 Å². The van der Waals surface area contributed by atoms with E-state index in [1.54, 1.807) is 0 Å². The average molecular weight is 241 g/mol. The van der Waals surface area contributed by atoms with Gasteiger partial charge >= 0.3 is 0 Å². The second-order valence-corrected chi connectivity index (χ2v) is 0. The van der Waals surface area contributed by atoms with E-state index in [0.29, 0.717) is 0 Å². The molecule has 0 aromatic carbocycles. The minimum absolute atomic E-state index is 0. The molecule has 3 radical (unpaired) electrons. The van der Waals surface area contributed by atoms with E-state index in [1.165, 1.54) is 0 Å². The summed E-state index contributed by atoms with van der Waals surface area (Å²) in [6, 6.07) is 0. The molecule has 0 fully saturated rings. The third-order valence-corrected chi connectivity index (χ3v) is 0. The van der Waals surface area contributed by atoms with Gasteiger partial charge < -0.3 is 6.15 Å². The smallest absolute Gasteiger partial charge is 0 e. The Morgan fingerprint density at radius 2 is 1.00 bits per heavy atom. The van der Waals surface area contributed by atoms with Gasteiger partial charge in [-0.05, 0) is 0 Å². The fourth-order valence-corrected chi connectivity index (χ4v) is 0. The molecule has 0 amide bonds. The van der Waals surface area contributed by atoms with Crippen molar-refractivity contribution >= 4 is 31.4 Å². The van der Waals surface area contributed by atoms with Gasteiger partial charge in [0.2, 0.25) is 0 Å². The van der Waals surface area contributed by atoms with E-state index in [1.807, 2.05) is 0 Å². The number of hydrogen-bond donors (Lipinski definition) is 1. The van der Waals surface area contributed by atoms with Crippen molar-refractivity contribution in [2.24, 2.45) is 0 Å². The second-order valence-electron chi connectivity index (χ2n) is 0. The quantitative estimate of drug-likeness (QED) is 0.589. The summed E-state index contributed by atoms with van der Waals surface area (Å²) in [5.41, 5.74) is 0. The maximum absolute atomic E-state index is 0. The summed E-state index contributed by atoms with van der Waals surface area (Å²) in [5, 5.41) is 0. The molecule has 5 heavy (non-hydrogen) atoms. The molecule has 1 nitrogen and oxygen atoms in total. The van der Waals surface area contributed by atoms with Crippen LogP contribution < -0.4 is 6.15 Å². The van der Waals surface area contributed by atoms with Crippen molar-refractivity contribution in [3.05, 3.63) is 0 Å². The summed E-state index contributed by atoms with van der Waals surface area (Å²) >= 11 is 0. The van der Waals surface area contributed by atoms with Gasteiger partial charge in [-0.15, -0.1) is 0 Å². The largest absolute Gasteiger partial charge is 0.344 e. The van der Waals surface area contributed by atoms with Crippen LogP contribution in [-0.4, -0.2) is 18.0 Å². The van der Waals surface area contributed by atoms with Gasteiger partial charge in [-0.25, -0.2) is 0 Å². The van der Waals surface area contributed by atoms with E-state index in [0.717, 1.165) is 0 Å². The molecule has 0 spiro atoms. The van der Waals surface area contributed by atoms with Crippen LogP contribution in [0.4, 0.5) is 0 Å². The average Bonchev–Trinajstić information content (AvgIpc) is 0. The summed E-state index contributed by atoms with van der Waals surface area (Å²) in [7, 11) is 0. The maximum Gasteiger partial charge on any atom is 0 e. The van der Waals surface area contributed by atoms with Crippen LogP contribution in [0, 0.1) is 0 Å². The van der Waals surface area contributed by atoms with Gasteiger partial charge in [-0.1, -0.05) is 0 Å². The Morgan fingerprint density at radius 3 is 1.00 bits per heavy atom. The Balaban J connectivity index is 0. The van der Waals surface area contributed by atoms with E-state index < -0.39 is 0 Å². The first-order chi connectivity index (χ1) is 0. The maximum atomic E-state index is 0. The molecule has 0 aliphatic rings. The summed E-state index contributed by atoms with van der Waals surface area (Å²) in [6.07, 6.45) is 0. The molecule has 0 atom stereocenters. The van der Waals surface area contributed by atoms with Gasteiger partial charge in [0.1, 0.15) is 0 Å². The van der Waals surface area contributed by atoms with Gasteiger partial charge in [0.25, 0.3) is 0 Å². The van der Waals surface area contributed by atoms with Crippen molar-refractivity contribution in [2.45, 2.75) is 0 Å². The van der Waals surface area contributed by atoms with E-state index >= 15 is 0 Å². The standard InChI is InChI=1S/As.Fe.H3N.Ni.H2S/h;;1H3;;1H2. The Kier molecular flexibility index (Phi) is 532. The van der Waals surface area contributed by atoms with Gasteiger partial charge in [0, 0.05) is 51.5 Å². The minimum atomic E-state index is 0. The van der Waals surface area contributed by atoms with Crippen molar-refractivity contribution in [1.29, 1.82) is 0 Å². The van der Waals surface area contributed by atoms with Crippen LogP contribution in [0.2, 0.25) is 0 Å². The molecule has 0 saturated heterocycles. The predicted octanol–water partition coefficient (Wildman–Crippen LogP) is -0.111. The monoisotopic (exact) mass is 240 g/mol. The third kappa shape index (κ3) is 25.0. The summed E-state index contributed by atoms with van der Waals surface area (Å²) in [5.74, 6) is 0. The zero-order valence-corrected chi connectivity index (χ0v) is 7.29. The van der Waals surface area contributed by atoms with Crippen LogP contribution in [0.25, 0.3) is 0 Å². The first-order valence-electron chi connectivity index (χ1n) is 0. The molecule has 5 heteroatoms. The number of hydrogen-bond acceptors (Lipinski definition) is 1. The topological polar surface area (TPSA) is 35.0 Å². The molecule has 0 unspecified atom stereocenters. The van der Waals surface area contributed by atoms with Gasteiger partial charge in [-0.2, -0.15) is 13.5 Å². The first-order valence-corrected chi connectivity index (χ1v) is 0. The molecule has 3 N–H and O–H groups in total. The molecule has 0 saturated carbocycles. The Labute approximate surface area is 70.8 Å². The summed E-state index contributed by atoms with van der Waals surface area (Å²) in [6.45, 7) is 0. The molecule has 39 valence electrons. The van der Waals surface area contributed by atoms with Gasteiger partial charge in [0.15, 0.2) is 0 Å². The Morgan fingerprint density at radius 1 is 1.00 bits per heavy atom. The van der Waals surface area contributed by atoms with Crippen molar-refractivity contribution < 1.29 is 33.6 Å². The van der Waals surface area contributed by atoms with Crippen LogP contribution in [-0.2, 0) is 33.6 Å². The van der Waals surface area contributed by atoms with E-state index in [9.17, 15) is 0 Å². The van der Waals surface area contributed by atoms with Gasteiger partial charge in [0.05, 0.1) is 0 Å². The molecular weight excluding hydrogens is 236 g/mol. The molecule has 0 bridgehead atoms. The molecule has 0 aromatic heterocycles. The van der Waals surface area contributed by atoms with Crippen LogP contribution in [0.3, 0.4) is 0 Å². The first kappa shape index (κ1) is 67.2. The van der Waals surface area contributed by atoms with Crippen LogP contribution in [0.1, 0.15) is 0 Å². The van der Waals surface area contributed by atoms with E-state index in [2.05, 4.69) is 0 Å². The molecule has 0 rings (SSSR count). The fourth-order valence-electron chi connectivity index (χ4n) is 0. The minimum Gasteiger partial charge on any atom is -0.344 e. The van der Waals surface area contributed by atoms with Gasteiger partial charge in [-0.3, -0.25) is 0 Å². The zero-order chi connectivity index (χ0) is 0. The molecular formula is H5AsFeNNiS. The summed E-state index contributed by atoms with van der Waals surface area (Å²) in [4.78, 5) is 0. The Hall–Kier alpha value is 1.88. The molecule has 0 aliphatic heterocycles. The molecule has 0 aliphatic carbocycles. The van der Waals surface area contributed by atoms with E-state index in [4.69, 9.17) is 0 Å². The van der Waals surface area contributed by atoms with Crippen molar-refractivity contribution in [3.63, 3.8) is 0 Å². The summed E-state index contributed by atoms with van der Waals surface area (Å²) < 4.78 is 0. The van der Waals surface area contributed by atoms with Crippen molar-refractivity contribution in [1.82, 2.24) is 6.15 Å². The number of rotatable bonds is 0. The second kappa shape index (κ2) is 39.6. The Bertz CT molecular complexity index is 11.6. The normalized spacial score (nSPS) is 0. The fraction of sp³-hybridized carbons (Fsp3) is 0. The van der Waals surface area contributed by atoms with E-state index in [-0.39, 0.29) is 71.2 Å². The molecule has 0 aromatic rings. The third-order valence-electron chi connectivity index (χ3n) is 0. The van der Waals surface area contributed by atoms with Crippen molar-refractivity contribution in [2.75, 3.05) is 0 Å². The predicted molar refractivity (Wildman–Crippen MR) is 21.2 cm³/mol. The molecule has 0 heterocycles. The zero-order valence-electron chi connectivity index (χ0n) is 2.32. The van der Waals surface area contributed by atoms with Crippen LogP contribution in [0.5, 0.6) is 0 Å². The van der Waals surface area contributed by atoms with Crippen molar-refractivity contribution in [3.8, 4) is 0 Å². The van der Waals surface area contributed by atoms with Crippen LogP contribution >= 0.6 is 13.5 Å².